The molecule has 2 aromatic heterocycles. The van der Waals surface area contributed by atoms with Gasteiger partial charge < -0.3 is 4.90 Å². The van der Waals surface area contributed by atoms with Crippen LogP contribution in [-0.2, 0) is 16.2 Å². The molecule has 1 aromatic carbocycles. The molecule has 0 bridgehead atoms. The molecule has 1 aliphatic heterocycles. The normalized spacial score (nSPS) is 15.8. The van der Waals surface area contributed by atoms with Gasteiger partial charge in [-0.25, -0.2) is 8.42 Å². The summed E-state index contributed by atoms with van der Waals surface area (Å²) in [4.78, 5) is 5.81. The molecule has 1 aliphatic rings. The summed E-state index contributed by atoms with van der Waals surface area (Å²) in [6.07, 6.45) is -1.15. The van der Waals surface area contributed by atoms with Gasteiger partial charge in [-0.2, -0.15) is 17.5 Å². The number of aromatic nitrogens is 3. The molecule has 0 aliphatic carbocycles. The second kappa shape index (κ2) is 8.23. The van der Waals surface area contributed by atoms with Gasteiger partial charge in [0.25, 0.3) is 0 Å². The predicted octanol–water partition coefficient (Wildman–Crippen LogP) is 3.07. The van der Waals surface area contributed by atoms with Gasteiger partial charge in [0.15, 0.2) is 5.82 Å². The fourth-order valence-electron chi connectivity index (χ4n) is 3.28. The van der Waals surface area contributed by atoms with E-state index in [4.69, 9.17) is 0 Å². The van der Waals surface area contributed by atoms with Crippen molar-refractivity contribution in [1.29, 1.82) is 0 Å². The summed E-state index contributed by atoms with van der Waals surface area (Å²) in [6.45, 7) is 1.16. The van der Waals surface area contributed by atoms with Gasteiger partial charge >= 0.3 is 6.18 Å². The average molecular weight is 449 g/mol. The van der Waals surface area contributed by atoms with Gasteiger partial charge in [-0.3, -0.25) is 4.98 Å². The van der Waals surface area contributed by atoms with Crippen molar-refractivity contribution in [2.75, 3.05) is 31.1 Å². The number of hydrogen-bond donors (Lipinski definition) is 0. The Morgan fingerprint density at radius 1 is 0.871 bits per heavy atom. The zero-order chi connectivity index (χ0) is 22.1. The van der Waals surface area contributed by atoms with Crippen LogP contribution in [0.25, 0.3) is 11.3 Å². The molecule has 11 heteroatoms. The van der Waals surface area contributed by atoms with Gasteiger partial charge in [0.1, 0.15) is 0 Å². The van der Waals surface area contributed by atoms with Crippen molar-refractivity contribution in [3.63, 3.8) is 0 Å². The Bertz CT molecular complexity index is 1130. The Balaban J connectivity index is 1.42. The lowest BCUT2D eigenvalue weighted by Gasteiger charge is -2.34. The summed E-state index contributed by atoms with van der Waals surface area (Å²) in [5.74, 6) is 0.624. The molecule has 31 heavy (non-hydrogen) atoms. The van der Waals surface area contributed by atoms with E-state index in [9.17, 15) is 21.6 Å². The van der Waals surface area contributed by atoms with Gasteiger partial charge in [-0.05, 0) is 48.5 Å². The molecule has 0 radical (unpaired) electrons. The van der Waals surface area contributed by atoms with Crippen molar-refractivity contribution in [1.82, 2.24) is 19.5 Å². The number of pyridine rings is 1. The molecule has 0 saturated carbocycles. The molecule has 7 nitrogen and oxygen atoms in total. The largest absolute Gasteiger partial charge is 0.416 e. The number of halogens is 3. The third-order valence-electron chi connectivity index (χ3n) is 4.99. The summed E-state index contributed by atoms with van der Waals surface area (Å²) < 4.78 is 65.0. The van der Waals surface area contributed by atoms with E-state index in [-0.39, 0.29) is 18.0 Å². The van der Waals surface area contributed by atoms with Crippen LogP contribution >= 0.6 is 0 Å². The first-order valence-corrected chi connectivity index (χ1v) is 10.9. The second-order valence-corrected chi connectivity index (χ2v) is 8.87. The molecule has 162 valence electrons. The van der Waals surface area contributed by atoms with E-state index in [1.165, 1.54) is 4.31 Å². The van der Waals surface area contributed by atoms with E-state index in [1.807, 2.05) is 23.1 Å². The topological polar surface area (TPSA) is 79.3 Å². The highest BCUT2D eigenvalue weighted by Crippen LogP contribution is 2.30. The van der Waals surface area contributed by atoms with Crippen LogP contribution in [0.4, 0.5) is 19.0 Å². The van der Waals surface area contributed by atoms with E-state index >= 15 is 0 Å². The molecule has 1 fully saturated rings. The molecule has 0 unspecified atom stereocenters. The summed E-state index contributed by atoms with van der Waals surface area (Å²) in [5.41, 5.74) is 0.638. The van der Waals surface area contributed by atoms with Crippen LogP contribution in [0.15, 0.2) is 65.8 Å². The van der Waals surface area contributed by atoms with Gasteiger partial charge in [0.2, 0.25) is 10.0 Å². The number of anilines is 1. The molecule has 1 saturated heterocycles. The zero-order valence-electron chi connectivity index (χ0n) is 16.2. The number of sulfonamides is 1. The van der Waals surface area contributed by atoms with Crippen LogP contribution in [0.2, 0.25) is 0 Å². The highest BCUT2D eigenvalue weighted by atomic mass is 32.2. The van der Waals surface area contributed by atoms with Crippen molar-refractivity contribution < 1.29 is 21.6 Å². The molecule has 0 spiro atoms. The predicted molar refractivity (Wildman–Crippen MR) is 108 cm³/mol. The van der Waals surface area contributed by atoms with Gasteiger partial charge in [0.05, 0.1) is 16.2 Å². The first-order valence-electron chi connectivity index (χ1n) is 9.42. The van der Waals surface area contributed by atoms with Gasteiger partial charge in [-0.1, -0.05) is 0 Å². The van der Waals surface area contributed by atoms with Gasteiger partial charge in [0, 0.05) is 44.1 Å². The minimum absolute atomic E-state index is 0.158. The number of alkyl halides is 3. The maximum Gasteiger partial charge on any atom is 0.416 e. The molecule has 0 N–H and O–H groups in total. The third-order valence-corrected chi connectivity index (χ3v) is 6.90. The Labute approximate surface area is 177 Å². The van der Waals surface area contributed by atoms with Crippen molar-refractivity contribution in [2.45, 2.75) is 11.1 Å². The van der Waals surface area contributed by atoms with Crippen molar-refractivity contribution in [3.05, 3.63) is 66.5 Å². The summed E-state index contributed by atoms with van der Waals surface area (Å²) in [5, 5.41) is 8.44. The van der Waals surface area contributed by atoms with Crippen molar-refractivity contribution in [2.24, 2.45) is 0 Å². The molecule has 0 atom stereocenters. The smallest absolute Gasteiger partial charge is 0.352 e. The molecule has 0 amide bonds. The maximum atomic E-state index is 12.8. The molecule has 3 heterocycles. The van der Waals surface area contributed by atoms with E-state index in [0.717, 1.165) is 29.8 Å². The summed E-state index contributed by atoms with van der Waals surface area (Å²) in [7, 11) is -3.88. The highest BCUT2D eigenvalue weighted by molar-refractivity contribution is 7.89. The maximum absolute atomic E-state index is 12.8. The summed E-state index contributed by atoms with van der Waals surface area (Å²) >= 11 is 0. The lowest BCUT2D eigenvalue weighted by Crippen LogP contribution is -2.49. The Hall–Kier alpha value is -3.05. The van der Waals surface area contributed by atoms with Crippen molar-refractivity contribution >= 4 is 15.8 Å². The first kappa shape index (κ1) is 21.2. The van der Waals surface area contributed by atoms with Crippen LogP contribution in [0.5, 0.6) is 0 Å². The van der Waals surface area contributed by atoms with E-state index in [0.29, 0.717) is 24.6 Å². The number of benzene rings is 1. The van der Waals surface area contributed by atoms with Crippen LogP contribution in [0, 0.1) is 0 Å². The van der Waals surface area contributed by atoms with Crippen LogP contribution in [0.3, 0.4) is 0 Å². The molecular weight excluding hydrogens is 431 g/mol. The van der Waals surface area contributed by atoms with Crippen LogP contribution < -0.4 is 4.90 Å². The minimum atomic E-state index is -4.51. The fourth-order valence-corrected chi connectivity index (χ4v) is 4.71. The Kier molecular flexibility index (Phi) is 5.63. The van der Waals surface area contributed by atoms with Crippen LogP contribution in [0.1, 0.15) is 5.56 Å². The molecule has 4 rings (SSSR count). The number of hydrogen-bond acceptors (Lipinski definition) is 6. The molecule has 3 aromatic rings. The quantitative estimate of drug-likeness (QED) is 0.609. The lowest BCUT2D eigenvalue weighted by molar-refractivity contribution is -0.137. The average Bonchev–Trinajstić information content (AvgIpc) is 2.79. The summed E-state index contributed by atoms with van der Waals surface area (Å²) in [6, 6.07) is 10.9. The first-order chi connectivity index (χ1) is 14.7. The lowest BCUT2D eigenvalue weighted by atomic mass is 10.2. The Morgan fingerprint density at radius 3 is 2.13 bits per heavy atom. The van der Waals surface area contributed by atoms with E-state index < -0.39 is 21.8 Å². The SMILES string of the molecule is O=S(=O)(c1ccc(C(F)(F)F)cc1)N1CCN(c2ccc(-c3cccnc3)nn2)CC1. The Morgan fingerprint density at radius 2 is 1.58 bits per heavy atom. The monoisotopic (exact) mass is 449 g/mol. The third kappa shape index (κ3) is 4.52. The molecular formula is C20H18F3N5O2S. The number of rotatable bonds is 4. The fraction of sp³-hybridized carbons (Fsp3) is 0.250. The van der Waals surface area contributed by atoms with E-state index in [2.05, 4.69) is 15.2 Å². The zero-order valence-corrected chi connectivity index (χ0v) is 17.0. The van der Waals surface area contributed by atoms with Gasteiger partial charge in [-0.15, -0.1) is 10.2 Å². The second-order valence-electron chi connectivity index (χ2n) is 6.93. The standard InChI is InChI=1S/C20H18F3N5O2S/c21-20(22,23)16-3-5-17(6-4-16)31(29,30)28-12-10-27(11-13-28)19-8-7-18(25-26-19)15-2-1-9-24-14-15/h1-9,14H,10-13H2. The number of nitrogens with zero attached hydrogens (tertiary/aromatic N) is 5. The highest BCUT2D eigenvalue weighted by Gasteiger charge is 2.32. The number of piperazine rings is 1. The van der Waals surface area contributed by atoms with E-state index in [1.54, 1.807) is 18.5 Å². The van der Waals surface area contributed by atoms with Crippen molar-refractivity contribution in [3.8, 4) is 11.3 Å². The minimum Gasteiger partial charge on any atom is -0.352 e. The van der Waals surface area contributed by atoms with Crippen LogP contribution in [-0.4, -0.2) is 54.1 Å².